The number of phenolic OH excluding ortho intramolecular Hbond substituents is 2. The van der Waals surface area contributed by atoms with Crippen LogP contribution in [-0.4, -0.2) is 45.7 Å². The highest BCUT2D eigenvalue weighted by Gasteiger charge is 2.40. The Labute approximate surface area is 151 Å². The molecule has 0 aromatic heterocycles. The molecule has 0 spiro atoms. The van der Waals surface area contributed by atoms with Gasteiger partial charge >= 0.3 is 5.97 Å². The first-order chi connectivity index (χ1) is 11.9. The van der Waals surface area contributed by atoms with E-state index in [1.54, 1.807) is 6.92 Å². The molecule has 25 heavy (non-hydrogen) atoms. The van der Waals surface area contributed by atoms with Crippen molar-refractivity contribution >= 4 is 17.6 Å². The number of hydrogen-bond acceptors (Lipinski definition) is 6. The summed E-state index contributed by atoms with van der Waals surface area (Å²) in [6.07, 6.45) is 3.07. The van der Waals surface area contributed by atoms with E-state index in [4.69, 9.17) is 21.1 Å². The highest BCUT2D eigenvalue weighted by atomic mass is 35.5. The Bertz CT molecular complexity index is 661. The lowest BCUT2D eigenvalue weighted by atomic mass is 9.96. The number of aromatic hydroxyl groups is 2. The first kappa shape index (κ1) is 18.3. The number of epoxide rings is 1. The van der Waals surface area contributed by atoms with E-state index >= 15 is 0 Å². The fourth-order valence-electron chi connectivity index (χ4n) is 3.42. The maximum absolute atomic E-state index is 12.6. The molecule has 6 nitrogen and oxygen atoms in total. The summed E-state index contributed by atoms with van der Waals surface area (Å²) in [6.45, 7) is 1.77. The maximum Gasteiger partial charge on any atom is 0.342 e. The molecular formula is C18H23ClO6. The van der Waals surface area contributed by atoms with Gasteiger partial charge in [-0.1, -0.05) is 24.4 Å². The standard InChI is InChI=1S/C18H23ClO6/c1-9-6-15-14(25-15)5-3-2-4-10(20)7-11-16(18(23)24-9)12(21)8-13(22)17(11)19/h8-10,14-15,20-22H,2-7H2,1H3/t9-,10+,14+,15+/m1/s1. The molecule has 1 aromatic carbocycles. The first-order valence-electron chi connectivity index (χ1n) is 8.64. The van der Waals surface area contributed by atoms with Crippen LogP contribution in [0.3, 0.4) is 0 Å². The van der Waals surface area contributed by atoms with Crippen molar-refractivity contribution in [1.29, 1.82) is 0 Å². The topological polar surface area (TPSA) is 99.5 Å². The summed E-state index contributed by atoms with van der Waals surface area (Å²) in [5.41, 5.74) is 0.112. The first-order valence-corrected chi connectivity index (χ1v) is 9.02. The number of aliphatic hydroxyl groups excluding tert-OH is 1. The van der Waals surface area contributed by atoms with Crippen LogP contribution in [0.5, 0.6) is 11.5 Å². The van der Waals surface area contributed by atoms with Crippen molar-refractivity contribution in [2.45, 2.75) is 69.9 Å². The number of halogens is 1. The summed E-state index contributed by atoms with van der Waals surface area (Å²) in [5.74, 6) is -1.46. The molecule has 1 saturated heterocycles. The van der Waals surface area contributed by atoms with Gasteiger partial charge in [0.1, 0.15) is 23.2 Å². The molecule has 0 saturated carbocycles. The second-order valence-corrected chi connectivity index (χ2v) is 7.27. The molecule has 3 N–H and O–H groups in total. The number of carbonyl (C=O) groups is 1. The minimum absolute atomic E-state index is 0.0471. The van der Waals surface area contributed by atoms with Crippen molar-refractivity contribution in [3.05, 3.63) is 22.2 Å². The van der Waals surface area contributed by atoms with Crippen molar-refractivity contribution in [1.82, 2.24) is 0 Å². The Morgan fingerprint density at radius 2 is 1.88 bits per heavy atom. The predicted molar refractivity (Wildman–Crippen MR) is 91.1 cm³/mol. The van der Waals surface area contributed by atoms with Crippen LogP contribution in [0.4, 0.5) is 0 Å². The maximum atomic E-state index is 12.6. The number of aliphatic hydroxyl groups is 1. The summed E-state index contributed by atoms with van der Waals surface area (Å²) in [5, 5.41) is 30.2. The molecule has 2 heterocycles. The third kappa shape index (κ3) is 4.19. The number of rotatable bonds is 0. The smallest absolute Gasteiger partial charge is 0.342 e. The van der Waals surface area contributed by atoms with Gasteiger partial charge in [-0.2, -0.15) is 0 Å². The van der Waals surface area contributed by atoms with Crippen molar-refractivity contribution in [2.24, 2.45) is 0 Å². The average molecular weight is 371 g/mol. The van der Waals surface area contributed by atoms with Crippen molar-refractivity contribution in [3.8, 4) is 11.5 Å². The lowest BCUT2D eigenvalue weighted by Gasteiger charge is -2.19. The normalized spacial score (nSPS) is 30.6. The van der Waals surface area contributed by atoms with E-state index in [1.807, 2.05) is 0 Å². The van der Waals surface area contributed by atoms with E-state index in [2.05, 4.69) is 0 Å². The number of benzene rings is 1. The Morgan fingerprint density at radius 1 is 1.16 bits per heavy atom. The lowest BCUT2D eigenvalue weighted by molar-refractivity contribution is 0.0304. The zero-order chi connectivity index (χ0) is 18.1. The van der Waals surface area contributed by atoms with Crippen LogP contribution in [0.1, 0.15) is 54.9 Å². The fraction of sp³-hybridized carbons (Fsp3) is 0.611. The van der Waals surface area contributed by atoms with Gasteiger partial charge < -0.3 is 24.8 Å². The van der Waals surface area contributed by atoms with Gasteiger partial charge in [0.2, 0.25) is 0 Å². The van der Waals surface area contributed by atoms with E-state index in [0.717, 1.165) is 25.3 Å². The molecule has 4 atom stereocenters. The number of cyclic esters (lactones) is 1. The molecule has 0 amide bonds. The SMILES string of the molecule is C[C@@H]1C[C@@H]2O[C@H]2CCCC[C@H](O)Cc2c(Cl)c(O)cc(O)c2C(=O)O1. The minimum Gasteiger partial charge on any atom is -0.507 e. The fourth-order valence-corrected chi connectivity index (χ4v) is 3.65. The average Bonchev–Trinajstić information content (AvgIpc) is 3.25. The van der Waals surface area contributed by atoms with Gasteiger partial charge in [0.05, 0.1) is 23.3 Å². The van der Waals surface area contributed by atoms with E-state index in [-0.39, 0.29) is 46.6 Å². The van der Waals surface area contributed by atoms with E-state index in [1.165, 1.54) is 0 Å². The second-order valence-electron chi connectivity index (χ2n) is 6.89. The van der Waals surface area contributed by atoms with Gasteiger partial charge in [-0.05, 0) is 25.3 Å². The van der Waals surface area contributed by atoms with Crippen LogP contribution >= 0.6 is 11.6 Å². The molecule has 7 heteroatoms. The number of fused-ring (bicyclic) bond motifs is 2. The molecule has 2 aliphatic heterocycles. The Morgan fingerprint density at radius 3 is 2.64 bits per heavy atom. The third-order valence-corrected chi connectivity index (χ3v) is 5.22. The number of hydrogen-bond donors (Lipinski definition) is 3. The van der Waals surface area contributed by atoms with Gasteiger partial charge in [0, 0.05) is 18.9 Å². The largest absolute Gasteiger partial charge is 0.507 e. The van der Waals surface area contributed by atoms with Crippen LogP contribution < -0.4 is 0 Å². The number of phenols is 2. The molecule has 0 unspecified atom stereocenters. The van der Waals surface area contributed by atoms with Crippen LogP contribution in [0.2, 0.25) is 5.02 Å². The van der Waals surface area contributed by atoms with Gasteiger partial charge in [0.15, 0.2) is 0 Å². The van der Waals surface area contributed by atoms with Crippen LogP contribution in [0.25, 0.3) is 0 Å². The Kier molecular flexibility index (Phi) is 5.41. The van der Waals surface area contributed by atoms with Crippen molar-refractivity contribution in [3.63, 3.8) is 0 Å². The van der Waals surface area contributed by atoms with Gasteiger partial charge in [-0.15, -0.1) is 0 Å². The summed E-state index contributed by atoms with van der Waals surface area (Å²) in [6, 6.07) is 1.02. The quantitative estimate of drug-likeness (QED) is 0.479. The van der Waals surface area contributed by atoms with Crippen LogP contribution in [0, 0.1) is 0 Å². The van der Waals surface area contributed by atoms with Gasteiger partial charge in [-0.3, -0.25) is 0 Å². The van der Waals surface area contributed by atoms with Crippen LogP contribution in [0.15, 0.2) is 6.07 Å². The lowest BCUT2D eigenvalue weighted by Crippen LogP contribution is -2.21. The Hall–Kier alpha value is -1.50. The number of ether oxygens (including phenoxy) is 2. The summed E-state index contributed by atoms with van der Waals surface area (Å²) in [7, 11) is 0. The van der Waals surface area contributed by atoms with Gasteiger partial charge in [-0.25, -0.2) is 4.79 Å². The second kappa shape index (κ2) is 7.40. The van der Waals surface area contributed by atoms with E-state index in [0.29, 0.717) is 12.8 Å². The predicted octanol–water partition coefficient (Wildman–Crippen LogP) is 2.93. The molecule has 3 rings (SSSR count). The minimum atomic E-state index is -0.735. The van der Waals surface area contributed by atoms with E-state index in [9.17, 15) is 20.1 Å². The third-order valence-electron chi connectivity index (χ3n) is 4.80. The summed E-state index contributed by atoms with van der Waals surface area (Å²) < 4.78 is 11.0. The van der Waals surface area contributed by atoms with Crippen molar-refractivity contribution in [2.75, 3.05) is 0 Å². The Balaban J connectivity index is 1.92. The number of carbonyl (C=O) groups excluding carboxylic acids is 1. The molecule has 1 fully saturated rings. The molecule has 0 radical (unpaired) electrons. The molecule has 138 valence electrons. The zero-order valence-corrected chi connectivity index (χ0v) is 14.8. The molecule has 0 bridgehead atoms. The molecule has 1 aromatic rings. The zero-order valence-electron chi connectivity index (χ0n) is 14.1. The molecule has 0 aliphatic carbocycles. The summed E-state index contributed by atoms with van der Waals surface area (Å²) >= 11 is 6.13. The highest BCUT2D eigenvalue weighted by Crippen LogP contribution is 2.38. The van der Waals surface area contributed by atoms with Crippen LogP contribution in [-0.2, 0) is 15.9 Å². The molecule has 2 aliphatic rings. The number of esters is 1. The molecular weight excluding hydrogens is 348 g/mol. The monoisotopic (exact) mass is 370 g/mol. The van der Waals surface area contributed by atoms with Crippen molar-refractivity contribution < 1.29 is 29.6 Å². The summed E-state index contributed by atoms with van der Waals surface area (Å²) in [4.78, 5) is 12.6. The van der Waals surface area contributed by atoms with Gasteiger partial charge in [0.25, 0.3) is 0 Å². The highest BCUT2D eigenvalue weighted by molar-refractivity contribution is 6.33. The van der Waals surface area contributed by atoms with E-state index < -0.39 is 17.8 Å².